The molecule has 1 aliphatic carbocycles. The van der Waals surface area contributed by atoms with Crippen LogP contribution in [-0.2, 0) is 5.41 Å². The van der Waals surface area contributed by atoms with Crippen LogP contribution in [0.4, 0.5) is 17.1 Å². The first-order valence-corrected chi connectivity index (χ1v) is 21.8. The highest BCUT2D eigenvalue weighted by molar-refractivity contribution is 7.25. The number of nitrogens with zero attached hydrogens (tertiary/aromatic N) is 2. The first-order valence-electron chi connectivity index (χ1n) is 21.0. The Kier molecular flexibility index (Phi) is 7.23. The molecule has 0 radical (unpaired) electrons. The number of anilines is 3. The molecule has 0 fully saturated rings. The third kappa shape index (κ3) is 4.91. The van der Waals surface area contributed by atoms with Crippen LogP contribution in [-0.4, -0.2) is 4.57 Å². The summed E-state index contributed by atoms with van der Waals surface area (Å²) >= 11 is 1.86. The molecule has 4 heteroatoms. The Morgan fingerprint density at radius 2 is 1.20 bits per heavy atom. The summed E-state index contributed by atoms with van der Waals surface area (Å²) in [5.41, 5.74) is 16.0. The first-order chi connectivity index (χ1) is 30.0. The molecule has 9 aromatic carbocycles. The lowest BCUT2D eigenvalue weighted by atomic mass is 9.82. The highest BCUT2D eigenvalue weighted by atomic mass is 32.1. The van der Waals surface area contributed by atoms with Crippen molar-refractivity contribution >= 4 is 92.3 Å². The van der Waals surface area contributed by atoms with Gasteiger partial charge in [-0.25, -0.2) is 0 Å². The fraction of sp³-hybridized carbons (Fsp3) is 0.0526. The van der Waals surface area contributed by atoms with Gasteiger partial charge in [-0.1, -0.05) is 141 Å². The average molecular weight is 799 g/mol. The molecule has 12 aromatic rings. The minimum atomic E-state index is -0.142. The topological polar surface area (TPSA) is 21.3 Å². The molecule has 1 aliphatic rings. The lowest BCUT2D eigenvalue weighted by molar-refractivity contribution is 0.660. The van der Waals surface area contributed by atoms with E-state index in [1.54, 1.807) is 0 Å². The molecule has 0 unspecified atom stereocenters. The van der Waals surface area contributed by atoms with Gasteiger partial charge in [0.15, 0.2) is 0 Å². The third-order valence-corrected chi connectivity index (χ3v) is 14.3. The van der Waals surface area contributed by atoms with Crippen LogP contribution in [0.5, 0.6) is 0 Å². The lowest BCUT2D eigenvalue weighted by Gasteiger charge is -2.29. The molecule has 3 heterocycles. The lowest BCUT2D eigenvalue weighted by Crippen LogP contribution is -2.17. The Morgan fingerprint density at radius 1 is 0.492 bits per heavy atom. The summed E-state index contributed by atoms with van der Waals surface area (Å²) in [6.45, 7) is 4.72. The summed E-state index contributed by atoms with van der Waals surface area (Å²) in [5.74, 6) is 0. The maximum absolute atomic E-state index is 6.83. The van der Waals surface area contributed by atoms with Gasteiger partial charge in [0.2, 0.25) is 0 Å². The zero-order valence-corrected chi connectivity index (χ0v) is 34.5. The van der Waals surface area contributed by atoms with Crippen molar-refractivity contribution < 1.29 is 4.42 Å². The van der Waals surface area contributed by atoms with Crippen LogP contribution in [0.3, 0.4) is 0 Å². The summed E-state index contributed by atoms with van der Waals surface area (Å²) < 4.78 is 11.9. The molecule has 0 bridgehead atoms. The van der Waals surface area contributed by atoms with Gasteiger partial charge < -0.3 is 13.9 Å². The van der Waals surface area contributed by atoms with Gasteiger partial charge in [0.05, 0.1) is 16.7 Å². The van der Waals surface area contributed by atoms with E-state index in [0.717, 1.165) is 55.7 Å². The summed E-state index contributed by atoms with van der Waals surface area (Å²) in [4.78, 5) is 2.46. The van der Waals surface area contributed by atoms with Gasteiger partial charge in [0, 0.05) is 75.8 Å². The van der Waals surface area contributed by atoms with Crippen molar-refractivity contribution in [3.8, 4) is 27.9 Å². The number of para-hydroxylation sites is 4. The van der Waals surface area contributed by atoms with E-state index in [1.165, 1.54) is 64.3 Å². The van der Waals surface area contributed by atoms with Crippen molar-refractivity contribution in [1.29, 1.82) is 0 Å². The minimum absolute atomic E-state index is 0.142. The van der Waals surface area contributed by atoms with Crippen LogP contribution in [0.15, 0.2) is 199 Å². The Bertz CT molecular complexity index is 3740. The molecule has 0 spiro atoms. The molecule has 0 aliphatic heterocycles. The second-order valence-corrected chi connectivity index (χ2v) is 17.9. The van der Waals surface area contributed by atoms with E-state index >= 15 is 0 Å². The predicted octanol–water partition coefficient (Wildman–Crippen LogP) is 16.5. The fourth-order valence-electron chi connectivity index (χ4n) is 10.4. The molecule has 13 rings (SSSR count). The number of benzene rings is 9. The molecular weight excluding hydrogens is 761 g/mol. The van der Waals surface area contributed by atoms with E-state index in [0.29, 0.717) is 0 Å². The molecule has 3 nitrogen and oxygen atoms in total. The summed E-state index contributed by atoms with van der Waals surface area (Å²) in [5, 5.41) is 7.24. The molecule has 61 heavy (non-hydrogen) atoms. The monoisotopic (exact) mass is 798 g/mol. The van der Waals surface area contributed by atoms with Crippen LogP contribution in [0.1, 0.15) is 25.0 Å². The minimum Gasteiger partial charge on any atom is -0.456 e. The van der Waals surface area contributed by atoms with E-state index in [9.17, 15) is 0 Å². The highest BCUT2D eigenvalue weighted by Gasteiger charge is 2.36. The van der Waals surface area contributed by atoms with Crippen LogP contribution < -0.4 is 4.90 Å². The number of fused-ring (bicyclic) bond motifs is 12. The third-order valence-electron chi connectivity index (χ3n) is 13.2. The van der Waals surface area contributed by atoms with Crippen LogP contribution >= 0.6 is 11.3 Å². The number of aromatic nitrogens is 1. The number of furan rings is 1. The Labute approximate surface area is 357 Å². The SMILES string of the molecule is CC1(C)c2ccccc2-c2ccc(N(c3ccccc3)c3cccc4c5c(-c6ccc7c(c6)sc6ccccc67)c6c(cc5n(-c5ccccc5)c34)oc3ccccc36)cc21. The molecular formula is C57H38N2OS. The second kappa shape index (κ2) is 12.8. The second-order valence-electron chi connectivity index (χ2n) is 16.8. The number of hydrogen-bond donors (Lipinski definition) is 0. The van der Waals surface area contributed by atoms with Crippen molar-refractivity contribution in [3.05, 3.63) is 205 Å². The normalized spacial score (nSPS) is 13.2. The van der Waals surface area contributed by atoms with E-state index < -0.39 is 0 Å². The quantitative estimate of drug-likeness (QED) is 0.173. The smallest absolute Gasteiger partial charge is 0.138 e. The van der Waals surface area contributed by atoms with Crippen molar-refractivity contribution in [1.82, 2.24) is 4.57 Å². The van der Waals surface area contributed by atoms with Gasteiger partial charge in [-0.2, -0.15) is 0 Å². The zero-order chi connectivity index (χ0) is 40.4. The predicted molar refractivity (Wildman–Crippen MR) is 259 cm³/mol. The highest BCUT2D eigenvalue weighted by Crippen LogP contribution is 2.53. The number of hydrogen-bond acceptors (Lipinski definition) is 3. The van der Waals surface area contributed by atoms with Gasteiger partial charge in [-0.15, -0.1) is 11.3 Å². The summed E-state index contributed by atoms with van der Waals surface area (Å²) in [6, 6.07) is 71.1. The van der Waals surface area contributed by atoms with Gasteiger partial charge in [-0.3, -0.25) is 0 Å². The standard InChI is InChI=1S/C57H38N2OS/c1-57(2)45-24-12-9-20-39(45)40-31-29-38(33-46(40)57)58(36-16-5-3-6-17-36)47-25-15-23-44-54-48(59(56(44)47)37-18-7-4-8-19-37)34-50-55(43-22-10-13-26-49(43)60-50)53(54)35-28-30-42-41-21-11-14-27-51(41)61-52(42)32-35/h3-34H,1-2H3. The average Bonchev–Trinajstić information content (AvgIpc) is 4.03. The van der Waals surface area contributed by atoms with Crippen molar-refractivity contribution in [3.63, 3.8) is 0 Å². The summed E-state index contributed by atoms with van der Waals surface area (Å²) in [6.07, 6.45) is 0. The Morgan fingerprint density at radius 3 is 2.07 bits per heavy atom. The largest absolute Gasteiger partial charge is 0.456 e. The molecule has 0 saturated heterocycles. The molecule has 0 amide bonds. The van der Waals surface area contributed by atoms with E-state index in [1.807, 2.05) is 11.3 Å². The van der Waals surface area contributed by atoms with E-state index in [2.05, 4.69) is 217 Å². The number of rotatable bonds is 5. The first kappa shape index (κ1) is 34.5. The van der Waals surface area contributed by atoms with Gasteiger partial charge in [0.25, 0.3) is 0 Å². The molecule has 3 aromatic heterocycles. The van der Waals surface area contributed by atoms with Crippen molar-refractivity contribution in [2.24, 2.45) is 0 Å². The Balaban J connectivity index is 1.16. The Hall–Kier alpha value is -7.40. The van der Waals surface area contributed by atoms with Crippen LogP contribution in [0, 0.1) is 0 Å². The van der Waals surface area contributed by atoms with E-state index in [-0.39, 0.29) is 5.41 Å². The van der Waals surface area contributed by atoms with Crippen molar-refractivity contribution in [2.75, 3.05) is 4.90 Å². The van der Waals surface area contributed by atoms with Crippen LogP contribution in [0.2, 0.25) is 0 Å². The molecule has 0 saturated carbocycles. The van der Waals surface area contributed by atoms with Crippen molar-refractivity contribution in [2.45, 2.75) is 19.3 Å². The van der Waals surface area contributed by atoms with Gasteiger partial charge in [-0.05, 0) is 88.5 Å². The molecule has 0 N–H and O–H groups in total. The summed E-state index contributed by atoms with van der Waals surface area (Å²) in [7, 11) is 0. The maximum atomic E-state index is 6.83. The fourth-order valence-corrected chi connectivity index (χ4v) is 11.6. The zero-order valence-electron chi connectivity index (χ0n) is 33.7. The van der Waals surface area contributed by atoms with Gasteiger partial charge in [0.1, 0.15) is 11.2 Å². The molecule has 0 atom stereocenters. The molecule has 288 valence electrons. The van der Waals surface area contributed by atoms with E-state index in [4.69, 9.17) is 4.42 Å². The maximum Gasteiger partial charge on any atom is 0.138 e. The van der Waals surface area contributed by atoms with Crippen LogP contribution in [0.25, 0.3) is 91.9 Å². The van der Waals surface area contributed by atoms with Gasteiger partial charge >= 0.3 is 0 Å². The number of thiophene rings is 1.